The van der Waals surface area contributed by atoms with Gasteiger partial charge in [0, 0.05) is 35.9 Å². The number of H-pyrrole nitrogens is 2. The van der Waals surface area contributed by atoms with E-state index in [1.165, 1.54) is 33.9 Å². The summed E-state index contributed by atoms with van der Waals surface area (Å²) < 4.78 is 0. The smallest absolute Gasteiger partial charge is 0.100 e. The lowest BCUT2D eigenvalue weighted by atomic mass is 9.69. The summed E-state index contributed by atoms with van der Waals surface area (Å²) in [5.41, 5.74) is 6.75. The second kappa shape index (κ2) is 8.96. The van der Waals surface area contributed by atoms with Crippen molar-refractivity contribution in [3.8, 4) is 0 Å². The first-order valence-corrected chi connectivity index (χ1v) is 10.8. The molecule has 4 nitrogen and oxygen atoms in total. The monoisotopic (exact) mass is 412 g/mol. The Morgan fingerprint density at radius 2 is 0.935 bits per heavy atom. The molecule has 0 aliphatic carbocycles. The van der Waals surface area contributed by atoms with Gasteiger partial charge in [0.1, 0.15) is 5.41 Å². The van der Waals surface area contributed by atoms with Gasteiger partial charge in [0.05, 0.1) is 0 Å². The minimum Gasteiger partial charge on any atom is -0.360 e. The van der Waals surface area contributed by atoms with Gasteiger partial charge in [-0.15, -0.1) is 0 Å². The van der Waals surface area contributed by atoms with Crippen LogP contribution in [0.1, 0.15) is 33.9 Å². The van der Waals surface area contributed by atoms with Gasteiger partial charge in [0.25, 0.3) is 0 Å². The number of hydrogen-bond donors (Lipinski definition) is 2. The van der Waals surface area contributed by atoms with Crippen LogP contribution in [-0.4, -0.2) is 48.0 Å². The van der Waals surface area contributed by atoms with E-state index in [4.69, 9.17) is 0 Å². The largest absolute Gasteiger partial charge is 0.360 e. The average molecular weight is 413 g/mol. The Hall–Kier alpha value is -3.08. The number of nitrogens with zero attached hydrogens (tertiary/aromatic N) is 2. The molecule has 0 radical (unpaired) electrons. The first kappa shape index (κ1) is 21.2. The Morgan fingerprint density at radius 3 is 1.29 bits per heavy atom. The van der Waals surface area contributed by atoms with Crippen molar-refractivity contribution in [2.75, 3.05) is 28.2 Å². The van der Waals surface area contributed by atoms with Crippen LogP contribution in [-0.2, 0) is 18.5 Å². The normalized spacial score (nSPS) is 12.1. The van der Waals surface area contributed by atoms with Crippen molar-refractivity contribution in [2.24, 2.45) is 0 Å². The van der Waals surface area contributed by atoms with Gasteiger partial charge < -0.3 is 19.8 Å². The van der Waals surface area contributed by atoms with Crippen LogP contribution in [0.4, 0.5) is 0 Å². The Balaban J connectivity index is 1.98. The molecule has 4 aromatic rings. The summed E-state index contributed by atoms with van der Waals surface area (Å²) in [4.78, 5) is 11.9. The van der Waals surface area contributed by atoms with Crippen molar-refractivity contribution in [3.05, 3.63) is 119 Å². The quantitative estimate of drug-likeness (QED) is 0.434. The SMILES string of the molecule is CN(C)Cc1ccc(C(c2ccccc2)(c2ccccc2)c2ccc(CN(C)C)[nH]2)[nH]1. The second-order valence-corrected chi connectivity index (χ2v) is 8.75. The van der Waals surface area contributed by atoms with Gasteiger partial charge >= 0.3 is 0 Å². The molecular formula is C27H32N4. The first-order valence-electron chi connectivity index (χ1n) is 10.8. The van der Waals surface area contributed by atoms with E-state index in [2.05, 4.69) is 133 Å². The third-order valence-corrected chi connectivity index (χ3v) is 5.69. The van der Waals surface area contributed by atoms with Crippen LogP contribution in [0.3, 0.4) is 0 Å². The number of benzene rings is 2. The van der Waals surface area contributed by atoms with E-state index < -0.39 is 5.41 Å². The summed E-state index contributed by atoms with van der Waals surface area (Å²) in [6.45, 7) is 1.74. The van der Waals surface area contributed by atoms with Gasteiger partial charge in [0.15, 0.2) is 0 Å². The maximum atomic E-state index is 3.76. The molecule has 0 aliphatic heterocycles. The molecule has 4 rings (SSSR count). The standard InChI is InChI=1S/C27H32N4/c1-30(2)19-23-15-17-25(28-23)27(21-11-7-5-8-12-21,22-13-9-6-10-14-22)26-18-16-24(29-26)20-31(3)4/h5-18,28-29H,19-20H2,1-4H3. The molecule has 31 heavy (non-hydrogen) atoms. The summed E-state index contributed by atoms with van der Waals surface area (Å²) in [5.74, 6) is 0. The molecule has 0 spiro atoms. The molecule has 0 unspecified atom stereocenters. The van der Waals surface area contributed by atoms with E-state index in [9.17, 15) is 0 Å². The molecule has 0 saturated carbocycles. The summed E-state index contributed by atoms with van der Waals surface area (Å²) in [5, 5.41) is 0. The fourth-order valence-corrected chi connectivity index (χ4v) is 4.49. The molecular weight excluding hydrogens is 380 g/mol. The summed E-state index contributed by atoms with van der Waals surface area (Å²) in [7, 11) is 8.39. The molecule has 0 saturated heterocycles. The fraction of sp³-hybridized carbons (Fsp3) is 0.259. The van der Waals surface area contributed by atoms with Crippen molar-refractivity contribution < 1.29 is 0 Å². The summed E-state index contributed by atoms with van der Waals surface area (Å²) >= 11 is 0. The topological polar surface area (TPSA) is 38.1 Å². The van der Waals surface area contributed by atoms with E-state index >= 15 is 0 Å². The van der Waals surface area contributed by atoms with E-state index in [0.717, 1.165) is 13.1 Å². The van der Waals surface area contributed by atoms with Gasteiger partial charge in [-0.2, -0.15) is 0 Å². The Kier molecular flexibility index (Phi) is 6.12. The Morgan fingerprint density at radius 1 is 0.548 bits per heavy atom. The number of rotatable bonds is 8. The molecule has 4 heteroatoms. The van der Waals surface area contributed by atoms with Crippen molar-refractivity contribution in [1.29, 1.82) is 0 Å². The number of hydrogen-bond acceptors (Lipinski definition) is 2. The minimum absolute atomic E-state index is 0.461. The van der Waals surface area contributed by atoms with E-state index in [-0.39, 0.29) is 0 Å². The maximum Gasteiger partial charge on any atom is 0.100 e. The lowest BCUT2D eigenvalue weighted by Crippen LogP contribution is -2.32. The van der Waals surface area contributed by atoms with Gasteiger partial charge in [-0.1, -0.05) is 60.7 Å². The number of aromatic amines is 2. The van der Waals surface area contributed by atoms with Crippen molar-refractivity contribution >= 4 is 0 Å². The molecule has 0 fully saturated rings. The highest BCUT2D eigenvalue weighted by atomic mass is 15.1. The van der Waals surface area contributed by atoms with E-state index in [1.54, 1.807) is 0 Å². The lowest BCUT2D eigenvalue weighted by molar-refractivity contribution is 0.396. The molecule has 0 bridgehead atoms. The van der Waals surface area contributed by atoms with Crippen LogP contribution < -0.4 is 0 Å². The fourth-order valence-electron chi connectivity index (χ4n) is 4.49. The Bertz CT molecular complexity index is 1000. The van der Waals surface area contributed by atoms with E-state index in [1.807, 2.05) is 0 Å². The first-order chi connectivity index (χ1) is 15.0. The molecule has 0 amide bonds. The van der Waals surface area contributed by atoms with Crippen molar-refractivity contribution in [1.82, 2.24) is 19.8 Å². The molecule has 2 aromatic heterocycles. The van der Waals surface area contributed by atoms with Crippen LogP contribution in [0.15, 0.2) is 84.9 Å². The van der Waals surface area contributed by atoms with Crippen molar-refractivity contribution in [2.45, 2.75) is 18.5 Å². The second-order valence-electron chi connectivity index (χ2n) is 8.75. The van der Waals surface area contributed by atoms with Crippen molar-refractivity contribution in [3.63, 3.8) is 0 Å². The maximum absolute atomic E-state index is 3.76. The summed E-state index contributed by atoms with van der Waals surface area (Å²) in [6.07, 6.45) is 0. The average Bonchev–Trinajstić information content (AvgIpc) is 3.40. The molecule has 2 aromatic carbocycles. The van der Waals surface area contributed by atoms with Crippen LogP contribution >= 0.6 is 0 Å². The predicted molar refractivity (Wildman–Crippen MR) is 128 cm³/mol. The Labute approximate surface area is 185 Å². The van der Waals surface area contributed by atoms with Gasteiger partial charge in [-0.3, -0.25) is 0 Å². The predicted octanol–water partition coefficient (Wildman–Crippen LogP) is 4.85. The third-order valence-electron chi connectivity index (χ3n) is 5.69. The lowest BCUT2D eigenvalue weighted by Gasteiger charge is -2.34. The van der Waals surface area contributed by atoms with E-state index in [0.29, 0.717) is 0 Å². The van der Waals surface area contributed by atoms with Crippen LogP contribution in [0, 0.1) is 0 Å². The van der Waals surface area contributed by atoms with Crippen LogP contribution in [0.25, 0.3) is 0 Å². The van der Waals surface area contributed by atoms with Crippen LogP contribution in [0.2, 0.25) is 0 Å². The highest BCUT2D eigenvalue weighted by Crippen LogP contribution is 2.44. The molecule has 0 atom stereocenters. The zero-order valence-corrected chi connectivity index (χ0v) is 18.9. The minimum atomic E-state index is -0.461. The zero-order valence-electron chi connectivity index (χ0n) is 18.9. The number of aromatic nitrogens is 2. The van der Waals surface area contributed by atoms with Gasteiger partial charge in [-0.05, 0) is 63.6 Å². The van der Waals surface area contributed by atoms with Gasteiger partial charge in [0.2, 0.25) is 0 Å². The van der Waals surface area contributed by atoms with Crippen LogP contribution in [0.5, 0.6) is 0 Å². The highest BCUT2D eigenvalue weighted by molar-refractivity contribution is 5.57. The summed E-state index contributed by atoms with van der Waals surface area (Å²) in [6, 6.07) is 30.5. The molecule has 160 valence electrons. The number of nitrogens with one attached hydrogen (secondary N) is 2. The highest BCUT2D eigenvalue weighted by Gasteiger charge is 2.40. The molecule has 2 heterocycles. The molecule has 2 N–H and O–H groups in total. The zero-order chi connectivity index (χ0) is 21.8. The third kappa shape index (κ3) is 4.22. The van der Waals surface area contributed by atoms with Gasteiger partial charge in [-0.25, -0.2) is 0 Å². The molecule has 0 aliphatic rings.